The first-order valence-corrected chi connectivity index (χ1v) is 9.88. The quantitative estimate of drug-likeness (QED) is 0.519. The van der Waals surface area contributed by atoms with Crippen molar-refractivity contribution >= 4 is 16.0 Å². The highest BCUT2D eigenvalue weighted by atomic mass is 32.2. The molecule has 0 aliphatic carbocycles. The van der Waals surface area contributed by atoms with Gasteiger partial charge in [0.15, 0.2) is 6.29 Å². The lowest BCUT2D eigenvalue weighted by Crippen LogP contribution is -2.65. The molecule has 3 N–H and O–H groups in total. The van der Waals surface area contributed by atoms with Crippen LogP contribution in [0.1, 0.15) is 17.3 Å². The van der Waals surface area contributed by atoms with E-state index in [0.29, 0.717) is 5.56 Å². The van der Waals surface area contributed by atoms with Gasteiger partial charge in [-0.2, -0.15) is 8.42 Å². The number of benzene rings is 1. The van der Waals surface area contributed by atoms with Crippen LogP contribution in [0.3, 0.4) is 0 Å². The number of rotatable bonds is 7. The molecule has 26 heavy (non-hydrogen) atoms. The Kier molecular flexibility index (Phi) is 7.09. The molecule has 5 atom stereocenters. The van der Waals surface area contributed by atoms with E-state index in [2.05, 4.69) is 5.32 Å². The zero-order valence-electron chi connectivity index (χ0n) is 14.4. The third-order valence-corrected chi connectivity index (χ3v) is 4.38. The molecular weight excluding hydrogens is 366 g/mol. The van der Waals surface area contributed by atoms with Gasteiger partial charge in [0.05, 0.1) is 12.9 Å². The van der Waals surface area contributed by atoms with Gasteiger partial charge in [0.1, 0.15) is 24.4 Å². The number of carbonyl (C=O) groups is 1. The summed E-state index contributed by atoms with van der Waals surface area (Å²) in [5, 5.41) is 22.3. The van der Waals surface area contributed by atoms with Crippen LogP contribution in [-0.4, -0.2) is 74.7 Å². The van der Waals surface area contributed by atoms with E-state index in [1.165, 1.54) is 0 Å². The van der Waals surface area contributed by atoms with Gasteiger partial charge in [-0.25, -0.2) is 0 Å². The third kappa shape index (κ3) is 5.22. The number of nitrogens with one attached hydrogen (secondary N) is 1. The lowest BCUT2D eigenvalue weighted by molar-refractivity contribution is -0.263. The molecule has 1 aromatic carbocycles. The summed E-state index contributed by atoms with van der Waals surface area (Å²) >= 11 is 0. The normalized spacial score (nSPS) is 29.3. The fourth-order valence-electron chi connectivity index (χ4n) is 2.67. The SMILES string of the molecule is CCO[C@@H]1O[C@@H](CO)[C@@H](O)[C@@H](OS(C)(=O)=O)[C@H]1NC(=O)c1ccccc1. The Labute approximate surface area is 152 Å². The highest BCUT2D eigenvalue weighted by Crippen LogP contribution is 2.26. The van der Waals surface area contributed by atoms with Crippen molar-refractivity contribution < 1.29 is 37.1 Å². The van der Waals surface area contributed by atoms with E-state index < -0.39 is 53.3 Å². The van der Waals surface area contributed by atoms with Crippen molar-refractivity contribution in [2.24, 2.45) is 0 Å². The van der Waals surface area contributed by atoms with Crippen molar-refractivity contribution in [3.63, 3.8) is 0 Å². The molecule has 1 aromatic rings. The molecule has 1 fully saturated rings. The van der Waals surface area contributed by atoms with Crippen LogP contribution in [0.4, 0.5) is 0 Å². The van der Waals surface area contributed by atoms with E-state index in [9.17, 15) is 23.4 Å². The van der Waals surface area contributed by atoms with E-state index in [1.807, 2.05) is 0 Å². The first-order valence-electron chi connectivity index (χ1n) is 8.07. The zero-order valence-corrected chi connectivity index (χ0v) is 15.3. The fourth-order valence-corrected chi connectivity index (χ4v) is 3.30. The molecule has 1 saturated heterocycles. The van der Waals surface area contributed by atoms with Gasteiger partial charge in [-0.3, -0.25) is 8.98 Å². The van der Waals surface area contributed by atoms with Crippen molar-refractivity contribution in [2.75, 3.05) is 19.5 Å². The predicted molar refractivity (Wildman–Crippen MR) is 90.8 cm³/mol. The van der Waals surface area contributed by atoms with Crippen LogP contribution in [-0.2, 0) is 23.8 Å². The first kappa shape index (κ1) is 20.7. The second-order valence-electron chi connectivity index (χ2n) is 5.80. The van der Waals surface area contributed by atoms with Crippen molar-refractivity contribution in [3.8, 4) is 0 Å². The number of hydrogen-bond acceptors (Lipinski definition) is 8. The molecule has 0 spiro atoms. The first-order chi connectivity index (χ1) is 12.3. The number of hydrogen-bond donors (Lipinski definition) is 3. The molecule has 1 amide bonds. The third-order valence-electron chi connectivity index (χ3n) is 3.80. The average Bonchev–Trinajstić information content (AvgIpc) is 2.60. The van der Waals surface area contributed by atoms with Crippen LogP contribution in [0, 0.1) is 0 Å². The Bertz CT molecular complexity index is 695. The van der Waals surface area contributed by atoms with Gasteiger partial charge >= 0.3 is 0 Å². The standard InChI is InChI=1S/C16H23NO8S/c1-3-23-16-12(17-15(20)10-7-5-4-6-8-10)14(25-26(2,21)22)13(19)11(9-18)24-16/h4-8,11-14,16,18-19H,3,9H2,1-2H3,(H,17,20)/t11-,12+,13+,14-,16+/m0/s1. The second kappa shape index (κ2) is 8.89. The summed E-state index contributed by atoms with van der Waals surface area (Å²) in [5.41, 5.74) is 0.333. The smallest absolute Gasteiger partial charge is 0.264 e. The van der Waals surface area contributed by atoms with Gasteiger partial charge in [-0.1, -0.05) is 18.2 Å². The average molecular weight is 389 g/mol. The molecule has 0 aromatic heterocycles. The summed E-state index contributed by atoms with van der Waals surface area (Å²) < 4.78 is 39.1. The molecule has 1 heterocycles. The molecule has 2 rings (SSSR count). The Morgan fingerprint density at radius 3 is 2.50 bits per heavy atom. The number of amides is 1. The molecule has 0 bridgehead atoms. The van der Waals surface area contributed by atoms with Crippen molar-refractivity contribution in [1.82, 2.24) is 5.32 Å². The Morgan fingerprint density at radius 2 is 1.96 bits per heavy atom. The Balaban J connectivity index is 2.31. The van der Waals surface area contributed by atoms with Crippen LogP contribution < -0.4 is 5.32 Å². The maximum atomic E-state index is 12.5. The minimum atomic E-state index is -3.96. The number of aliphatic hydroxyl groups is 2. The topological polar surface area (TPSA) is 131 Å². The van der Waals surface area contributed by atoms with Gasteiger partial charge < -0.3 is 25.0 Å². The second-order valence-corrected chi connectivity index (χ2v) is 7.40. The highest BCUT2D eigenvalue weighted by molar-refractivity contribution is 7.86. The largest absolute Gasteiger partial charge is 0.394 e. The summed E-state index contributed by atoms with van der Waals surface area (Å²) in [5.74, 6) is -0.513. The molecular formula is C16H23NO8S. The maximum absolute atomic E-state index is 12.5. The van der Waals surface area contributed by atoms with Crippen LogP contribution in [0.5, 0.6) is 0 Å². The van der Waals surface area contributed by atoms with E-state index >= 15 is 0 Å². The number of aliphatic hydroxyl groups excluding tert-OH is 2. The van der Waals surface area contributed by atoms with Crippen LogP contribution in [0.25, 0.3) is 0 Å². The van der Waals surface area contributed by atoms with E-state index in [-0.39, 0.29) is 6.61 Å². The lowest BCUT2D eigenvalue weighted by atomic mass is 9.96. The number of carbonyl (C=O) groups excluding carboxylic acids is 1. The molecule has 10 heteroatoms. The molecule has 9 nitrogen and oxygen atoms in total. The summed E-state index contributed by atoms with van der Waals surface area (Å²) in [6.07, 6.45) is -4.29. The fraction of sp³-hybridized carbons (Fsp3) is 0.562. The van der Waals surface area contributed by atoms with E-state index in [1.54, 1.807) is 37.3 Å². The molecule has 1 aliphatic rings. The molecule has 1 aliphatic heterocycles. The van der Waals surface area contributed by atoms with Gasteiger partial charge in [0.2, 0.25) is 0 Å². The molecule has 146 valence electrons. The van der Waals surface area contributed by atoms with Gasteiger partial charge in [0.25, 0.3) is 16.0 Å². The van der Waals surface area contributed by atoms with Crippen molar-refractivity contribution in [2.45, 2.75) is 37.6 Å². The van der Waals surface area contributed by atoms with Crippen molar-refractivity contribution in [1.29, 1.82) is 0 Å². The molecule has 0 radical (unpaired) electrons. The monoisotopic (exact) mass is 389 g/mol. The summed E-state index contributed by atoms with van der Waals surface area (Å²) in [6, 6.07) is 7.13. The molecule has 0 unspecified atom stereocenters. The van der Waals surface area contributed by atoms with E-state index in [4.69, 9.17) is 13.7 Å². The van der Waals surface area contributed by atoms with Crippen LogP contribution in [0.15, 0.2) is 30.3 Å². The molecule has 0 saturated carbocycles. The van der Waals surface area contributed by atoms with E-state index in [0.717, 1.165) is 6.26 Å². The summed E-state index contributed by atoms with van der Waals surface area (Å²) in [6.45, 7) is 1.31. The van der Waals surface area contributed by atoms with Crippen LogP contribution >= 0.6 is 0 Å². The highest BCUT2D eigenvalue weighted by Gasteiger charge is 2.48. The summed E-state index contributed by atoms with van der Waals surface area (Å²) in [7, 11) is -3.96. The van der Waals surface area contributed by atoms with Crippen LogP contribution in [0.2, 0.25) is 0 Å². The van der Waals surface area contributed by atoms with Gasteiger partial charge in [0, 0.05) is 12.2 Å². The predicted octanol–water partition coefficient (Wildman–Crippen LogP) is -0.756. The number of ether oxygens (including phenoxy) is 2. The lowest BCUT2D eigenvalue weighted by Gasteiger charge is -2.43. The Morgan fingerprint density at radius 1 is 1.31 bits per heavy atom. The van der Waals surface area contributed by atoms with Crippen molar-refractivity contribution in [3.05, 3.63) is 35.9 Å². The zero-order chi connectivity index (χ0) is 19.3. The van der Waals surface area contributed by atoms with Gasteiger partial charge in [-0.05, 0) is 19.1 Å². The minimum Gasteiger partial charge on any atom is -0.394 e. The summed E-state index contributed by atoms with van der Waals surface area (Å²) in [4.78, 5) is 12.5. The maximum Gasteiger partial charge on any atom is 0.264 e. The minimum absolute atomic E-state index is 0.197. The Hall–Kier alpha value is -1.56. The van der Waals surface area contributed by atoms with Gasteiger partial charge in [-0.15, -0.1) is 0 Å².